The van der Waals surface area contributed by atoms with Crippen LogP contribution < -0.4 is 10.3 Å². The average molecular weight is 467 g/mol. The van der Waals surface area contributed by atoms with Gasteiger partial charge in [-0.15, -0.1) is 5.10 Å². The molecule has 1 aliphatic heterocycles. The zero-order valence-electron chi connectivity index (χ0n) is 21.4. The largest absolute Gasteiger partial charge is 0.493 e. The third kappa shape index (κ3) is 4.88. The monoisotopic (exact) mass is 466 g/mol. The summed E-state index contributed by atoms with van der Waals surface area (Å²) in [7, 11) is 2.17. The SMILES string of the molecule is CCCC(C)(C)c1nc(C)c2c(=O)[nH]c(-c3cc(CN4CCN(C)CC4)ccc3OCC)nn12. The molecule has 0 saturated carbocycles. The number of hydrogen-bond donors (Lipinski definition) is 1. The number of hydrogen-bond acceptors (Lipinski definition) is 6. The Labute approximate surface area is 201 Å². The quantitative estimate of drug-likeness (QED) is 0.546. The second kappa shape index (κ2) is 9.88. The van der Waals surface area contributed by atoms with Crippen LogP contribution in [0.15, 0.2) is 23.0 Å². The molecule has 184 valence electrons. The Balaban J connectivity index is 1.79. The van der Waals surface area contributed by atoms with Gasteiger partial charge in [-0.1, -0.05) is 33.3 Å². The first-order valence-corrected chi connectivity index (χ1v) is 12.4. The van der Waals surface area contributed by atoms with Gasteiger partial charge >= 0.3 is 0 Å². The molecule has 0 aliphatic carbocycles. The minimum Gasteiger partial charge on any atom is -0.493 e. The van der Waals surface area contributed by atoms with E-state index in [4.69, 9.17) is 14.8 Å². The number of ether oxygens (including phenoxy) is 1. The molecule has 1 N–H and O–H groups in total. The van der Waals surface area contributed by atoms with Crippen molar-refractivity contribution in [1.82, 2.24) is 29.4 Å². The smallest absolute Gasteiger partial charge is 0.277 e. The minimum atomic E-state index is -0.198. The van der Waals surface area contributed by atoms with Crippen LogP contribution in [0.3, 0.4) is 0 Å². The summed E-state index contributed by atoms with van der Waals surface area (Å²) in [6.07, 6.45) is 1.99. The predicted molar refractivity (Wildman–Crippen MR) is 136 cm³/mol. The number of fused-ring (bicyclic) bond motifs is 1. The van der Waals surface area contributed by atoms with Crippen molar-refractivity contribution in [3.8, 4) is 17.1 Å². The van der Waals surface area contributed by atoms with E-state index in [2.05, 4.69) is 54.7 Å². The van der Waals surface area contributed by atoms with Crippen LogP contribution in [0.1, 0.15) is 57.6 Å². The van der Waals surface area contributed by atoms with Crippen LogP contribution in [-0.2, 0) is 12.0 Å². The molecule has 0 spiro atoms. The lowest BCUT2D eigenvalue weighted by molar-refractivity contribution is 0.148. The first kappa shape index (κ1) is 24.4. The van der Waals surface area contributed by atoms with Gasteiger partial charge in [0.05, 0.1) is 17.9 Å². The zero-order valence-corrected chi connectivity index (χ0v) is 21.4. The zero-order chi connectivity index (χ0) is 24.5. The van der Waals surface area contributed by atoms with Crippen LogP contribution >= 0.6 is 0 Å². The van der Waals surface area contributed by atoms with Gasteiger partial charge < -0.3 is 14.6 Å². The highest BCUT2D eigenvalue weighted by atomic mass is 16.5. The Morgan fingerprint density at radius 3 is 2.56 bits per heavy atom. The van der Waals surface area contributed by atoms with E-state index >= 15 is 0 Å². The number of aromatic amines is 1. The molecule has 4 rings (SSSR count). The topological polar surface area (TPSA) is 78.8 Å². The molecular formula is C26H38N6O2. The van der Waals surface area contributed by atoms with E-state index in [1.165, 1.54) is 5.56 Å². The number of nitrogens with one attached hydrogen (secondary N) is 1. The van der Waals surface area contributed by atoms with Crippen molar-refractivity contribution in [2.75, 3.05) is 39.8 Å². The maximum Gasteiger partial charge on any atom is 0.277 e. The maximum atomic E-state index is 13.2. The molecule has 3 heterocycles. The predicted octanol–water partition coefficient (Wildman–Crippen LogP) is 3.62. The van der Waals surface area contributed by atoms with Crippen LogP contribution in [0, 0.1) is 6.92 Å². The fraction of sp³-hybridized carbons (Fsp3) is 0.577. The first-order chi connectivity index (χ1) is 16.2. The lowest BCUT2D eigenvalue weighted by atomic mass is 9.87. The van der Waals surface area contributed by atoms with Crippen LogP contribution in [0.2, 0.25) is 0 Å². The standard InChI is InChI=1S/C26H38N6O2/c1-7-11-26(4,5)25-27-18(3)22-24(33)28-23(29-32(22)25)20-16-19(9-10-21(20)34-8-2)17-31-14-12-30(6)13-15-31/h9-10,16H,7-8,11-15,17H2,1-6H3,(H,28,29,33). The molecular weight excluding hydrogens is 428 g/mol. The average Bonchev–Trinajstić information content (AvgIpc) is 3.14. The van der Waals surface area contributed by atoms with Crippen LogP contribution in [-0.4, -0.2) is 69.2 Å². The Hall–Kier alpha value is -2.71. The van der Waals surface area contributed by atoms with Crippen molar-refractivity contribution in [3.05, 3.63) is 45.6 Å². The van der Waals surface area contributed by atoms with E-state index in [0.29, 0.717) is 23.6 Å². The van der Waals surface area contributed by atoms with Crippen LogP contribution in [0.25, 0.3) is 16.9 Å². The number of imidazole rings is 1. The summed E-state index contributed by atoms with van der Waals surface area (Å²) in [5.74, 6) is 2.05. The summed E-state index contributed by atoms with van der Waals surface area (Å²) in [6, 6.07) is 6.21. The van der Waals surface area contributed by atoms with Gasteiger partial charge in [-0.2, -0.15) is 0 Å². The molecule has 1 aliphatic rings. The van der Waals surface area contributed by atoms with E-state index in [9.17, 15) is 4.79 Å². The van der Waals surface area contributed by atoms with E-state index in [0.717, 1.165) is 62.7 Å². The second-order valence-electron chi connectivity index (χ2n) is 10.1. The van der Waals surface area contributed by atoms with Gasteiger partial charge in [0.15, 0.2) is 11.3 Å². The van der Waals surface area contributed by atoms with E-state index in [1.807, 2.05) is 19.9 Å². The van der Waals surface area contributed by atoms with Crippen molar-refractivity contribution in [3.63, 3.8) is 0 Å². The summed E-state index contributed by atoms with van der Waals surface area (Å²) in [4.78, 5) is 25.8. The third-order valence-corrected chi connectivity index (χ3v) is 6.76. The summed E-state index contributed by atoms with van der Waals surface area (Å²) in [6.45, 7) is 16.0. The molecule has 34 heavy (non-hydrogen) atoms. The van der Waals surface area contributed by atoms with Crippen molar-refractivity contribution in [2.45, 2.75) is 59.4 Å². The second-order valence-corrected chi connectivity index (χ2v) is 10.1. The first-order valence-electron chi connectivity index (χ1n) is 12.4. The van der Waals surface area contributed by atoms with E-state index < -0.39 is 0 Å². The lowest BCUT2D eigenvalue weighted by Crippen LogP contribution is -2.43. The van der Waals surface area contributed by atoms with Crippen molar-refractivity contribution in [2.24, 2.45) is 0 Å². The summed E-state index contributed by atoms with van der Waals surface area (Å²) in [5.41, 5.74) is 2.82. The van der Waals surface area contributed by atoms with Crippen molar-refractivity contribution < 1.29 is 4.74 Å². The molecule has 8 heteroatoms. The number of nitrogens with zero attached hydrogens (tertiary/aromatic N) is 5. The van der Waals surface area contributed by atoms with Gasteiger partial charge in [0.2, 0.25) is 0 Å². The van der Waals surface area contributed by atoms with Crippen LogP contribution in [0.5, 0.6) is 5.75 Å². The minimum absolute atomic E-state index is 0.180. The van der Waals surface area contributed by atoms with E-state index in [1.54, 1.807) is 4.52 Å². The van der Waals surface area contributed by atoms with Gasteiger partial charge in [-0.3, -0.25) is 9.69 Å². The van der Waals surface area contributed by atoms with Gasteiger partial charge in [-0.25, -0.2) is 9.50 Å². The Morgan fingerprint density at radius 1 is 1.15 bits per heavy atom. The summed E-state index contributed by atoms with van der Waals surface area (Å²) >= 11 is 0. The molecule has 1 saturated heterocycles. The number of likely N-dealkylation sites (N-methyl/N-ethyl adjacent to an activating group) is 1. The molecule has 8 nitrogen and oxygen atoms in total. The molecule has 0 amide bonds. The molecule has 0 bridgehead atoms. The third-order valence-electron chi connectivity index (χ3n) is 6.76. The number of piperazine rings is 1. The molecule has 2 aromatic heterocycles. The number of H-pyrrole nitrogens is 1. The number of aromatic nitrogens is 4. The molecule has 3 aromatic rings. The van der Waals surface area contributed by atoms with Gasteiger partial charge in [-0.05, 0) is 45.0 Å². The normalized spacial score (nSPS) is 15.8. The van der Waals surface area contributed by atoms with Gasteiger partial charge in [0, 0.05) is 38.1 Å². The Kier molecular flexibility index (Phi) is 7.09. The summed E-state index contributed by atoms with van der Waals surface area (Å²) < 4.78 is 7.69. The van der Waals surface area contributed by atoms with Gasteiger partial charge in [0.25, 0.3) is 5.56 Å². The Bertz CT molecular complexity index is 1200. The highest BCUT2D eigenvalue weighted by Gasteiger charge is 2.28. The summed E-state index contributed by atoms with van der Waals surface area (Å²) in [5, 5.41) is 4.91. The van der Waals surface area contributed by atoms with Crippen LogP contribution in [0.4, 0.5) is 0 Å². The molecule has 1 fully saturated rings. The number of aryl methyl sites for hydroxylation is 1. The lowest BCUT2D eigenvalue weighted by Gasteiger charge is -2.32. The maximum absolute atomic E-state index is 13.2. The number of rotatable bonds is 8. The molecule has 1 aromatic carbocycles. The molecule has 0 radical (unpaired) electrons. The molecule has 0 unspecified atom stereocenters. The van der Waals surface area contributed by atoms with Crippen molar-refractivity contribution in [1.29, 1.82) is 0 Å². The highest BCUT2D eigenvalue weighted by Crippen LogP contribution is 2.31. The van der Waals surface area contributed by atoms with E-state index in [-0.39, 0.29) is 11.0 Å². The van der Waals surface area contributed by atoms with Crippen molar-refractivity contribution >= 4 is 5.52 Å². The number of benzene rings is 1. The Morgan fingerprint density at radius 2 is 1.88 bits per heavy atom. The fourth-order valence-corrected chi connectivity index (χ4v) is 4.87. The molecule has 0 atom stereocenters. The highest BCUT2D eigenvalue weighted by molar-refractivity contribution is 5.66. The van der Waals surface area contributed by atoms with Gasteiger partial charge in [0.1, 0.15) is 11.6 Å². The fourth-order valence-electron chi connectivity index (χ4n) is 4.87.